The molecule has 0 amide bonds. The van der Waals surface area contributed by atoms with E-state index in [1.165, 1.54) is 28.2 Å². The summed E-state index contributed by atoms with van der Waals surface area (Å²) in [5.74, 6) is 0. The van der Waals surface area contributed by atoms with Crippen LogP contribution < -0.4 is 5.32 Å². The summed E-state index contributed by atoms with van der Waals surface area (Å²) in [6.45, 7) is 7.36. The van der Waals surface area contributed by atoms with Crippen molar-refractivity contribution in [3.05, 3.63) is 21.4 Å². The SMILES string of the molecule is CNCC1OCCN(C2CC2)C1c1cc(C)sc1C. The Balaban J connectivity index is 1.91. The van der Waals surface area contributed by atoms with Crippen LogP contribution in [0.25, 0.3) is 0 Å². The Morgan fingerprint density at radius 2 is 2.21 bits per heavy atom. The first-order chi connectivity index (χ1) is 9.20. The molecular formula is C15H24N2OS. The first-order valence-corrected chi connectivity index (χ1v) is 8.11. The fraction of sp³-hybridized carbons (Fsp3) is 0.733. The summed E-state index contributed by atoms with van der Waals surface area (Å²) in [6.07, 6.45) is 3.02. The number of nitrogens with one attached hydrogen (secondary N) is 1. The molecule has 4 heteroatoms. The number of hydrogen-bond donors (Lipinski definition) is 1. The first kappa shape index (κ1) is 13.6. The second kappa shape index (κ2) is 5.52. The lowest BCUT2D eigenvalue weighted by Gasteiger charge is -2.41. The maximum Gasteiger partial charge on any atom is 0.0896 e. The standard InChI is InChI=1S/C15H24N2OS/c1-10-8-13(11(2)19-10)15-14(9-16-3)18-7-6-17(15)12-4-5-12/h8,12,14-16H,4-7,9H2,1-3H3. The van der Waals surface area contributed by atoms with Gasteiger partial charge in [0.05, 0.1) is 18.8 Å². The van der Waals surface area contributed by atoms with Crippen molar-refractivity contribution in [3.63, 3.8) is 0 Å². The molecule has 1 N–H and O–H groups in total. The van der Waals surface area contributed by atoms with Gasteiger partial charge in [-0.3, -0.25) is 4.90 Å². The Morgan fingerprint density at radius 3 is 2.79 bits per heavy atom. The van der Waals surface area contributed by atoms with Crippen molar-refractivity contribution >= 4 is 11.3 Å². The number of rotatable bonds is 4. The van der Waals surface area contributed by atoms with Crippen LogP contribution in [0.3, 0.4) is 0 Å². The van der Waals surface area contributed by atoms with Gasteiger partial charge in [-0.25, -0.2) is 0 Å². The highest BCUT2D eigenvalue weighted by Crippen LogP contribution is 2.41. The molecule has 0 bridgehead atoms. The van der Waals surface area contributed by atoms with Gasteiger partial charge in [-0.05, 0) is 45.4 Å². The minimum Gasteiger partial charge on any atom is -0.374 e. The van der Waals surface area contributed by atoms with Gasteiger partial charge < -0.3 is 10.1 Å². The van der Waals surface area contributed by atoms with Crippen LogP contribution in [-0.4, -0.2) is 43.8 Å². The Bertz CT molecular complexity index is 439. The van der Waals surface area contributed by atoms with E-state index < -0.39 is 0 Å². The molecule has 1 saturated carbocycles. The third kappa shape index (κ3) is 2.72. The molecule has 0 radical (unpaired) electrons. The normalized spacial score (nSPS) is 28.8. The lowest BCUT2D eigenvalue weighted by Crippen LogP contribution is -2.49. The van der Waals surface area contributed by atoms with E-state index in [1.54, 1.807) is 0 Å². The third-order valence-corrected chi connectivity index (χ3v) is 5.19. The number of nitrogens with zero attached hydrogens (tertiary/aromatic N) is 1. The maximum atomic E-state index is 6.06. The van der Waals surface area contributed by atoms with Gasteiger partial charge in [0.15, 0.2) is 0 Å². The predicted octanol–water partition coefficient (Wildman–Crippen LogP) is 2.49. The fourth-order valence-corrected chi connectivity index (χ4v) is 4.23. The van der Waals surface area contributed by atoms with Gasteiger partial charge in [0, 0.05) is 28.9 Å². The Morgan fingerprint density at radius 1 is 1.42 bits per heavy atom. The average Bonchev–Trinajstić information content (AvgIpc) is 3.16. The zero-order valence-electron chi connectivity index (χ0n) is 12.1. The number of thiophene rings is 1. The topological polar surface area (TPSA) is 24.5 Å². The van der Waals surface area contributed by atoms with Gasteiger partial charge in [0.25, 0.3) is 0 Å². The van der Waals surface area contributed by atoms with Gasteiger partial charge in [0.1, 0.15) is 0 Å². The monoisotopic (exact) mass is 280 g/mol. The van der Waals surface area contributed by atoms with Crippen molar-refractivity contribution in [2.75, 3.05) is 26.7 Å². The molecule has 3 rings (SSSR count). The van der Waals surface area contributed by atoms with Crippen LogP contribution in [0.15, 0.2) is 6.07 Å². The van der Waals surface area contributed by atoms with Gasteiger partial charge in [-0.15, -0.1) is 11.3 Å². The van der Waals surface area contributed by atoms with Gasteiger partial charge in [-0.1, -0.05) is 0 Å². The smallest absolute Gasteiger partial charge is 0.0896 e. The molecule has 1 aromatic heterocycles. The molecule has 2 fully saturated rings. The number of aryl methyl sites for hydroxylation is 2. The summed E-state index contributed by atoms with van der Waals surface area (Å²) in [6, 6.07) is 3.61. The zero-order chi connectivity index (χ0) is 13.4. The number of likely N-dealkylation sites (N-methyl/N-ethyl adjacent to an activating group) is 1. The summed E-state index contributed by atoms with van der Waals surface area (Å²) in [5.41, 5.74) is 1.49. The van der Waals surface area contributed by atoms with Crippen molar-refractivity contribution < 1.29 is 4.74 Å². The molecule has 1 aliphatic carbocycles. The van der Waals surface area contributed by atoms with Crippen molar-refractivity contribution in [3.8, 4) is 0 Å². The summed E-state index contributed by atoms with van der Waals surface area (Å²) >= 11 is 1.91. The van der Waals surface area contributed by atoms with E-state index in [0.717, 1.165) is 25.7 Å². The molecule has 3 nitrogen and oxygen atoms in total. The Kier molecular flexibility index (Phi) is 3.94. The molecular weight excluding hydrogens is 256 g/mol. The van der Waals surface area contributed by atoms with Crippen molar-refractivity contribution in [1.29, 1.82) is 0 Å². The van der Waals surface area contributed by atoms with E-state index in [1.807, 2.05) is 18.4 Å². The largest absolute Gasteiger partial charge is 0.374 e. The zero-order valence-corrected chi connectivity index (χ0v) is 12.9. The van der Waals surface area contributed by atoms with E-state index >= 15 is 0 Å². The van der Waals surface area contributed by atoms with Crippen molar-refractivity contribution in [2.45, 2.75) is 44.9 Å². The lowest BCUT2D eigenvalue weighted by molar-refractivity contribution is -0.0740. The minimum absolute atomic E-state index is 0.284. The molecule has 1 aliphatic heterocycles. The summed E-state index contributed by atoms with van der Waals surface area (Å²) < 4.78 is 6.06. The second-order valence-corrected chi connectivity index (χ2v) is 7.21. The van der Waals surface area contributed by atoms with E-state index in [0.29, 0.717) is 6.04 Å². The third-order valence-electron chi connectivity index (χ3n) is 4.21. The van der Waals surface area contributed by atoms with E-state index in [9.17, 15) is 0 Å². The van der Waals surface area contributed by atoms with Crippen molar-refractivity contribution in [2.24, 2.45) is 0 Å². The molecule has 2 aliphatic rings. The lowest BCUT2D eigenvalue weighted by atomic mass is 9.98. The predicted molar refractivity (Wildman–Crippen MR) is 79.9 cm³/mol. The van der Waals surface area contributed by atoms with Crippen LogP contribution in [0.5, 0.6) is 0 Å². The van der Waals surface area contributed by atoms with Crippen LogP contribution in [-0.2, 0) is 4.74 Å². The Hall–Kier alpha value is -0.420. The molecule has 2 heterocycles. The molecule has 2 atom stereocenters. The quantitative estimate of drug-likeness (QED) is 0.917. The van der Waals surface area contributed by atoms with Crippen LogP contribution >= 0.6 is 11.3 Å². The molecule has 1 saturated heterocycles. The van der Waals surface area contributed by atoms with Crippen LogP contribution in [0.4, 0.5) is 0 Å². The second-order valence-electron chi connectivity index (χ2n) is 5.75. The van der Waals surface area contributed by atoms with Crippen LogP contribution in [0.2, 0.25) is 0 Å². The molecule has 0 aromatic carbocycles. The van der Waals surface area contributed by atoms with E-state index in [2.05, 4.69) is 30.1 Å². The van der Waals surface area contributed by atoms with Crippen LogP contribution in [0.1, 0.15) is 34.2 Å². The first-order valence-electron chi connectivity index (χ1n) is 7.29. The Labute approximate surface area is 119 Å². The van der Waals surface area contributed by atoms with E-state index in [4.69, 9.17) is 4.74 Å². The fourth-order valence-electron chi connectivity index (χ4n) is 3.26. The number of hydrogen-bond acceptors (Lipinski definition) is 4. The van der Waals surface area contributed by atoms with Gasteiger partial charge in [0.2, 0.25) is 0 Å². The molecule has 0 spiro atoms. The number of morpholine rings is 1. The highest BCUT2D eigenvalue weighted by molar-refractivity contribution is 7.12. The highest BCUT2D eigenvalue weighted by atomic mass is 32.1. The molecule has 2 unspecified atom stereocenters. The maximum absolute atomic E-state index is 6.06. The molecule has 19 heavy (non-hydrogen) atoms. The molecule has 106 valence electrons. The minimum atomic E-state index is 0.284. The summed E-state index contributed by atoms with van der Waals surface area (Å²) in [4.78, 5) is 5.57. The van der Waals surface area contributed by atoms with Gasteiger partial charge >= 0.3 is 0 Å². The average molecular weight is 280 g/mol. The molecule has 1 aromatic rings. The van der Waals surface area contributed by atoms with Crippen LogP contribution in [0, 0.1) is 13.8 Å². The van der Waals surface area contributed by atoms with Crippen molar-refractivity contribution in [1.82, 2.24) is 10.2 Å². The van der Waals surface area contributed by atoms with E-state index in [-0.39, 0.29) is 6.10 Å². The summed E-state index contributed by atoms with van der Waals surface area (Å²) in [7, 11) is 2.02. The highest BCUT2D eigenvalue weighted by Gasteiger charge is 2.41. The van der Waals surface area contributed by atoms with Gasteiger partial charge in [-0.2, -0.15) is 0 Å². The summed E-state index contributed by atoms with van der Waals surface area (Å²) in [5, 5.41) is 3.30. The number of ether oxygens (including phenoxy) is 1.